The second-order valence-corrected chi connectivity index (χ2v) is 3.77. The first-order valence-corrected chi connectivity index (χ1v) is 5.89. The van der Waals surface area contributed by atoms with Crippen LogP contribution in [0.5, 0.6) is 0 Å². The molecule has 0 aliphatic heterocycles. The Hall–Kier alpha value is -0.410. The van der Waals surface area contributed by atoms with Crippen LogP contribution in [0.25, 0.3) is 0 Å². The normalized spacial score (nSPS) is 10.5. The number of Topliss-reactive ketones (excluding diaryl/α,β-unsaturated/α-hetero) is 1. The summed E-state index contributed by atoms with van der Waals surface area (Å²) in [5, 5.41) is 0. The van der Waals surface area contributed by atoms with Gasteiger partial charge in [-0.05, 0) is 6.42 Å². The van der Waals surface area contributed by atoms with E-state index in [2.05, 4.69) is 6.92 Å². The van der Waals surface area contributed by atoms with E-state index in [1.54, 1.807) is 7.11 Å². The molecule has 0 amide bonds. The lowest BCUT2D eigenvalue weighted by Crippen LogP contribution is -2.05. The summed E-state index contributed by atoms with van der Waals surface area (Å²) in [6, 6.07) is 0. The highest BCUT2D eigenvalue weighted by molar-refractivity contribution is 5.78. The number of hydrogen-bond acceptors (Lipinski definition) is 3. The molecule has 0 aliphatic carbocycles. The molecule has 0 aliphatic rings. The van der Waals surface area contributed by atoms with Crippen LogP contribution in [-0.4, -0.2) is 26.3 Å². The van der Waals surface area contributed by atoms with Crippen LogP contribution >= 0.6 is 0 Å². The molecule has 3 heteroatoms. The molecule has 0 aromatic heterocycles. The monoisotopic (exact) mass is 216 g/mol. The molecule has 0 fully saturated rings. The maximum absolute atomic E-state index is 11.3. The number of hydrogen-bond donors (Lipinski definition) is 0. The fraction of sp³-hybridized carbons (Fsp3) is 0.917. The van der Waals surface area contributed by atoms with Crippen LogP contribution in [-0.2, 0) is 14.3 Å². The molecule has 0 aromatic rings. The van der Waals surface area contributed by atoms with Gasteiger partial charge in [-0.2, -0.15) is 0 Å². The quantitative estimate of drug-likeness (QED) is 0.393. The van der Waals surface area contributed by atoms with Gasteiger partial charge in [0.05, 0.1) is 6.61 Å². The van der Waals surface area contributed by atoms with Crippen molar-refractivity contribution in [2.24, 2.45) is 0 Å². The number of carbonyl (C=O) groups excluding carboxylic acids is 1. The van der Waals surface area contributed by atoms with E-state index in [-0.39, 0.29) is 6.79 Å². The Labute approximate surface area is 93.1 Å². The van der Waals surface area contributed by atoms with Crippen molar-refractivity contribution in [2.75, 3.05) is 20.5 Å². The highest BCUT2D eigenvalue weighted by atomic mass is 16.7. The minimum Gasteiger partial charge on any atom is -0.359 e. The third kappa shape index (κ3) is 11.5. The lowest BCUT2D eigenvalue weighted by Gasteiger charge is -2.02. The molecule has 0 N–H and O–H groups in total. The molecule has 0 saturated carbocycles. The maximum atomic E-state index is 11.3. The molecule has 3 nitrogen and oxygen atoms in total. The van der Waals surface area contributed by atoms with Gasteiger partial charge in [0, 0.05) is 20.0 Å². The predicted octanol–water partition coefficient (Wildman–Crippen LogP) is 2.93. The van der Waals surface area contributed by atoms with Gasteiger partial charge in [0.1, 0.15) is 12.6 Å². The molecule has 0 saturated heterocycles. The van der Waals surface area contributed by atoms with Crippen LogP contribution in [0.4, 0.5) is 0 Å². The largest absolute Gasteiger partial charge is 0.359 e. The van der Waals surface area contributed by atoms with Gasteiger partial charge in [-0.25, -0.2) is 0 Å². The molecule has 0 spiro atoms. The Morgan fingerprint density at radius 3 is 2.47 bits per heavy atom. The summed E-state index contributed by atoms with van der Waals surface area (Å²) < 4.78 is 9.77. The second-order valence-electron chi connectivity index (χ2n) is 3.77. The van der Waals surface area contributed by atoms with E-state index >= 15 is 0 Å². The van der Waals surface area contributed by atoms with Crippen molar-refractivity contribution in [3.8, 4) is 0 Å². The second kappa shape index (κ2) is 11.7. The van der Waals surface area contributed by atoms with Crippen LogP contribution in [0.3, 0.4) is 0 Å². The molecule has 0 aromatic carbocycles. The topological polar surface area (TPSA) is 35.5 Å². The van der Waals surface area contributed by atoms with Crippen LogP contribution in [0.15, 0.2) is 0 Å². The number of ether oxygens (including phenoxy) is 2. The van der Waals surface area contributed by atoms with Crippen LogP contribution < -0.4 is 0 Å². The van der Waals surface area contributed by atoms with Crippen molar-refractivity contribution in [3.63, 3.8) is 0 Å². The first kappa shape index (κ1) is 14.6. The molecule has 0 radical (unpaired) electrons. The molecule has 0 atom stereocenters. The maximum Gasteiger partial charge on any atom is 0.146 e. The van der Waals surface area contributed by atoms with Gasteiger partial charge in [0.15, 0.2) is 0 Å². The van der Waals surface area contributed by atoms with Gasteiger partial charge in [-0.15, -0.1) is 0 Å². The summed E-state index contributed by atoms with van der Waals surface area (Å²) in [7, 11) is 1.58. The zero-order valence-corrected chi connectivity index (χ0v) is 10.1. The van der Waals surface area contributed by atoms with Gasteiger partial charge in [-0.1, -0.05) is 32.6 Å². The summed E-state index contributed by atoms with van der Waals surface area (Å²) in [4.78, 5) is 11.3. The Balaban J connectivity index is 3.11. The molecule has 15 heavy (non-hydrogen) atoms. The predicted molar refractivity (Wildman–Crippen MR) is 60.8 cm³/mol. The number of methoxy groups -OCH3 is 1. The van der Waals surface area contributed by atoms with Crippen molar-refractivity contribution < 1.29 is 14.3 Å². The van der Waals surface area contributed by atoms with Crippen molar-refractivity contribution in [1.82, 2.24) is 0 Å². The van der Waals surface area contributed by atoms with Crippen LogP contribution in [0, 0.1) is 0 Å². The van der Waals surface area contributed by atoms with Gasteiger partial charge >= 0.3 is 0 Å². The minimum atomic E-state index is 0.282. The summed E-state index contributed by atoms with van der Waals surface area (Å²) in [5.41, 5.74) is 0. The highest BCUT2D eigenvalue weighted by Crippen LogP contribution is 2.06. The van der Waals surface area contributed by atoms with E-state index in [1.165, 1.54) is 25.7 Å². The van der Waals surface area contributed by atoms with Gasteiger partial charge < -0.3 is 9.47 Å². The molecule has 0 bridgehead atoms. The highest BCUT2D eigenvalue weighted by Gasteiger charge is 2.01. The smallest absolute Gasteiger partial charge is 0.146 e. The fourth-order valence-electron chi connectivity index (χ4n) is 1.38. The zero-order valence-electron chi connectivity index (χ0n) is 10.1. The standard InChI is InChI=1S/C12H24O3/c1-3-4-5-6-7-8-12(13)9-10-15-11-14-2/h3-11H2,1-2H3. The average Bonchev–Trinajstić information content (AvgIpc) is 2.24. The van der Waals surface area contributed by atoms with Crippen molar-refractivity contribution >= 4 is 5.78 Å². The van der Waals surface area contributed by atoms with E-state index in [0.29, 0.717) is 25.2 Å². The third-order valence-electron chi connectivity index (χ3n) is 2.29. The molecule has 90 valence electrons. The average molecular weight is 216 g/mol. The summed E-state index contributed by atoms with van der Waals surface area (Å²) >= 11 is 0. The van der Waals surface area contributed by atoms with Crippen molar-refractivity contribution in [3.05, 3.63) is 0 Å². The fourth-order valence-corrected chi connectivity index (χ4v) is 1.38. The minimum absolute atomic E-state index is 0.282. The summed E-state index contributed by atoms with van der Waals surface area (Å²) in [5.74, 6) is 0.308. The first-order chi connectivity index (χ1) is 7.31. The van der Waals surface area contributed by atoms with Gasteiger partial charge in [-0.3, -0.25) is 4.79 Å². The van der Waals surface area contributed by atoms with Crippen LogP contribution in [0.1, 0.15) is 51.9 Å². The molecule has 0 unspecified atom stereocenters. The Morgan fingerprint density at radius 1 is 1.07 bits per heavy atom. The Bertz CT molecular complexity index is 146. The van der Waals surface area contributed by atoms with Crippen molar-refractivity contribution in [1.29, 1.82) is 0 Å². The lowest BCUT2D eigenvalue weighted by molar-refractivity contribution is -0.121. The molecular weight excluding hydrogens is 192 g/mol. The SMILES string of the molecule is CCCCCCCC(=O)CCOCOC. The number of rotatable bonds is 11. The lowest BCUT2D eigenvalue weighted by atomic mass is 10.1. The Kier molecular flexibility index (Phi) is 11.3. The number of unbranched alkanes of at least 4 members (excludes halogenated alkanes) is 4. The van der Waals surface area contributed by atoms with E-state index in [9.17, 15) is 4.79 Å². The number of ketones is 1. The van der Waals surface area contributed by atoms with E-state index in [1.807, 2.05) is 0 Å². The Morgan fingerprint density at radius 2 is 1.80 bits per heavy atom. The zero-order chi connectivity index (χ0) is 11.4. The number of carbonyl (C=O) groups is 1. The molecule has 0 heterocycles. The van der Waals surface area contributed by atoms with E-state index in [4.69, 9.17) is 9.47 Å². The summed E-state index contributed by atoms with van der Waals surface area (Å²) in [6.07, 6.45) is 7.23. The van der Waals surface area contributed by atoms with Gasteiger partial charge in [0.25, 0.3) is 0 Å². The van der Waals surface area contributed by atoms with E-state index < -0.39 is 0 Å². The van der Waals surface area contributed by atoms with Crippen molar-refractivity contribution in [2.45, 2.75) is 51.9 Å². The van der Waals surface area contributed by atoms with E-state index in [0.717, 1.165) is 6.42 Å². The first-order valence-electron chi connectivity index (χ1n) is 5.89. The van der Waals surface area contributed by atoms with Gasteiger partial charge in [0.2, 0.25) is 0 Å². The summed E-state index contributed by atoms with van der Waals surface area (Å²) in [6.45, 7) is 2.96. The third-order valence-corrected chi connectivity index (χ3v) is 2.29. The molecule has 0 rings (SSSR count). The van der Waals surface area contributed by atoms with Crippen LogP contribution in [0.2, 0.25) is 0 Å². The molecular formula is C12H24O3.